The Hall–Kier alpha value is -2.78. The molecule has 0 bridgehead atoms. The number of carbonyl (C=O) groups excluding carboxylic acids is 1. The molecular weight excluding hydrogens is 408 g/mol. The van der Waals surface area contributed by atoms with Crippen molar-refractivity contribution in [3.05, 3.63) is 42.5 Å². The number of sulfonamides is 1. The van der Waals surface area contributed by atoms with E-state index in [1.165, 1.54) is 29.6 Å². The van der Waals surface area contributed by atoms with Gasteiger partial charge in [-0.2, -0.15) is 4.31 Å². The normalized spacial score (nSPS) is 12.3. The predicted octanol–water partition coefficient (Wildman–Crippen LogP) is 3.14. The summed E-state index contributed by atoms with van der Waals surface area (Å²) in [5, 5.41) is 2.69. The van der Waals surface area contributed by atoms with Gasteiger partial charge in [0.25, 0.3) is 5.91 Å². The summed E-state index contributed by atoms with van der Waals surface area (Å²) in [4.78, 5) is 12.7. The Morgan fingerprint density at radius 1 is 1.00 bits per heavy atom. The van der Waals surface area contributed by atoms with Crippen LogP contribution in [0, 0.1) is 0 Å². The number of hydrogen-bond acceptors (Lipinski definition) is 6. The Morgan fingerprint density at radius 3 is 2.13 bits per heavy atom. The molecule has 2 aromatic rings. The van der Waals surface area contributed by atoms with Crippen molar-refractivity contribution < 1.29 is 27.4 Å². The van der Waals surface area contributed by atoms with Gasteiger partial charge in [0, 0.05) is 13.1 Å². The zero-order valence-electron chi connectivity index (χ0n) is 17.8. The van der Waals surface area contributed by atoms with E-state index in [0.29, 0.717) is 30.3 Å². The van der Waals surface area contributed by atoms with Gasteiger partial charge in [0.05, 0.1) is 24.8 Å². The maximum absolute atomic E-state index is 12.8. The zero-order chi connectivity index (χ0) is 22.3. The number of benzene rings is 2. The molecule has 0 spiro atoms. The number of hydrogen-bond donors (Lipinski definition) is 1. The minimum Gasteiger partial charge on any atom is -0.497 e. The third-order valence-electron chi connectivity index (χ3n) is 4.51. The Labute approximate surface area is 177 Å². The third-order valence-corrected chi connectivity index (χ3v) is 6.56. The van der Waals surface area contributed by atoms with Gasteiger partial charge in [-0.05, 0) is 49.4 Å². The van der Waals surface area contributed by atoms with E-state index in [1.54, 1.807) is 52.1 Å². The SMILES string of the molecule is CCN(CC)S(=O)(=O)c1ccc(OC)c(NC(=O)[C@@H](C)Oc2ccc(OC)cc2)c1. The summed E-state index contributed by atoms with van der Waals surface area (Å²) in [5.41, 5.74) is 0.251. The molecule has 2 rings (SSSR count). The fourth-order valence-electron chi connectivity index (χ4n) is 2.80. The summed E-state index contributed by atoms with van der Waals surface area (Å²) in [6, 6.07) is 11.2. The minimum absolute atomic E-state index is 0.0750. The van der Waals surface area contributed by atoms with Gasteiger partial charge in [0.15, 0.2) is 6.10 Å². The summed E-state index contributed by atoms with van der Waals surface area (Å²) in [6.45, 7) is 5.83. The highest BCUT2D eigenvalue weighted by atomic mass is 32.2. The van der Waals surface area contributed by atoms with Gasteiger partial charge in [-0.25, -0.2) is 8.42 Å². The number of amides is 1. The monoisotopic (exact) mass is 436 g/mol. The van der Waals surface area contributed by atoms with E-state index in [1.807, 2.05) is 0 Å². The lowest BCUT2D eigenvalue weighted by molar-refractivity contribution is -0.122. The fourth-order valence-corrected chi connectivity index (χ4v) is 4.29. The van der Waals surface area contributed by atoms with Crippen LogP contribution >= 0.6 is 0 Å². The van der Waals surface area contributed by atoms with Gasteiger partial charge < -0.3 is 19.5 Å². The second-order valence-corrected chi connectivity index (χ2v) is 8.31. The number of rotatable bonds is 10. The number of anilines is 1. The molecule has 9 heteroatoms. The van der Waals surface area contributed by atoms with Crippen LogP contribution in [0.15, 0.2) is 47.4 Å². The van der Waals surface area contributed by atoms with E-state index in [2.05, 4.69) is 5.32 Å². The fraction of sp³-hybridized carbons (Fsp3) is 0.381. The summed E-state index contributed by atoms with van der Waals surface area (Å²) in [5.74, 6) is 1.08. The van der Waals surface area contributed by atoms with Crippen molar-refractivity contribution in [2.45, 2.75) is 31.8 Å². The molecule has 0 heterocycles. The Kier molecular flexibility index (Phi) is 8.08. The number of methoxy groups -OCH3 is 2. The molecule has 1 N–H and O–H groups in total. The topological polar surface area (TPSA) is 94.2 Å². The molecule has 8 nitrogen and oxygen atoms in total. The van der Waals surface area contributed by atoms with E-state index in [9.17, 15) is 13.2 Å². The molecule has 1 amide bonds. The first kappa shape index (κ1) is 23.5. The van der Waals surface area contributed by atoms with Crippen LogP contribution in [0.4, 0.5) is 5.69 Å². The first-order valence-corrected chi connectivity index (χ1v) is 11.0. The van der Waals surface area contributed by atoms with Crippen LogP contribution in [-0.2, 0) is 14.8 Å². The molecule has 0 radical (unpaired) electrons. The van der Waals surface area contributed by atoms with Gasteiger partial charge in [0.2, 0.25) is 10.0 Å². The van der Waals surface area contributed by atoms with Crippen LogP contribution in [0.3, 0.4) is 0 Å². The van der Waals surface area contributed by atoms with E-state index >= 15 is 0 Å². The third kappa shape index (κ3) is 5.43. The quantitative estimate of drug-likeness (QED) is 0.615. The molecule has 2 aromatic carbocycles. The summed E-state index contributed by atoms with van der Waals surface area (Å²) >= 11 is 0. The average molecular weight is 437 g/mol. The lowest BCUT2D eigenvalue weighted by Gasteiger charge is -2.20. The first-order chi connectivity index (χ1) is 14.3. The summed E-state index contributed by atoms with van der Waals surface area (Å²) in [7, 11) is -0.668. The lowest BCUT2D eigenvalue weighted by Crippen LogP contribution is -2.31. The number of carbonyl (C=O) groups is 1. The van der Waals surface area contributed by atoms with Gasteiger partial charge >= 0.3 is 0 Å². The summed E-state index contributed by atoms with van der Waals surface area (Å²) in [6.07, 6.45) is -0.828. The second kappa shape index (κ2) is 10.3. The van der Waals surface area contributed by atoms with E-state index < -0.39 is 22.0 Å². The molecule has 0 aliphatic carbocycles. The zero-order valence-corrected chi connectivity index (χ0v) is 18.7. The maximum atomic E-state index is 12.8. The number of ether oxygens (including phenoxy) is 3. The largest absolute Gasteiger partial charge is 0.497 e. The van der Waals surface area contributed by atoms with E-state index in [4.69, 9.17) is 14.2 Å². The van der Waals surface area contributed by atoms with Gasteiger partial charge in [-0.3, -0.25) is 4.79 Å². The van der Waals surface area contributed by atoms with Gasteiger partial charge in [-0.15, -0.1) is 0 Å². The first-order valence-electron chi connectivity index (χ1n) is 9.56. The average Bonchev–Trinajstić information content (AvgIpc) is 2.74. The molecule has 1 atom stereocenters. The summed E-state index contributed by atoms with van der Waals surface area (Å²) < 4.78 is 43.0. The van der Waals surface area contributed by atoms with Gasteiger partial charge in [-0.1, -0.05) is 13.8 Å². The molecule has 0 aromatic heterocycles. The molecule has 0 aliphatic rings. The molecular formula is C21H28N2O6S. The van der Waals surface area contributed by atoms with Crippen LogP contribution in [0.1, 0.15) is 20.8 Å². The van der Waals surface area contributed by atoms with Gasteiger partial charge in [0.1, 0.15) is 17.2 Å². The maximum Gasteiger partial charge on any atom is 0.265 e. The van der Waals surface area contributed by atoms with Crippen molar-refractivity contribution in [2.24, 2.45) is 0 Å². The lowest BCUT2D eigenvalue weighted by atomic mass is 10.2. The molecule has 164 valence electrons. The highest BCUT2D eigenvalue weighted by molar-refractivity contribution is 7.89. The Balaban J connectivity index is 2.21. The van der Waals surface area contributed by atoms with Crippen molar-refractivity contribution in [1.29, 1.82) is 0 Å². The molecule has 0 unspecified atom stereocenters. The smallest absolute Gasteiger partial charge is 0.265 e. The second-order valence-electron chi connectivity index (χ2n) is 6.38. The highest BCUT2D eigenvalue weighted by Gasteiger charge is 2.24. The molecule has 30 heavy (non-hydrogen) atoms. The van der Waals surface area contributed by atoms with Crippen molar-refractivity contribution in [2.75, 3.05) is 32.6 Å². The van der Waals surface area contributed by atoms with Crippen LogP contribution < -0.4 is 19.5 Å². The number of nitrogens with zero attached hydrogens (tertiary/aromatic N) is 1. The Morgan fingerprint density at radius 2 is 1.60 bits per heavy atom. The van der Waals surface area contributed by atoms with Crippen LogP contribution in [0.2, 0.25) is 0 Å². The van der Waals surface area contributed by atoms with Crippen molar-refractivity contribution in [3.8, 4) is 17.2 Å². The van der Waals surface area contributed by atoms with Crippen molar-refractivity contribution >= 4 is 21.6 Å². The standard InChI is InChI=1S/C21H28N2O6S/c1-6-23(7-2)30(25,26)18-12-13-20(28-5)19(14-18)22-21(24)15(3)29-17-10-8-16(27-4)9-11-17/h8-15H,6-7H2,1-5H3,(H,22,24)/t15-/m1/s1. The molecule has 0 saturated heterocycles. The van der Waals surface area contributed by atoms with Crippen molar-refractivity contribution in [1.82, 2.24) is 4.31 Å². The molecule has 0 saturated carbocycles. The number of nitrogens with one attached hydrogen (secondary N) is 1. The predicted molar refractivity (Wildman–Crippen MR) is 115 cm³/mol. The Bertz CT molecular complexity index is 956. The van der Waals surface area contributed by atoms with Crippen molar-refractivity contribution in [3.63, 3.8) is 0 Å². The van der Waals surface area contributed by atoms with Crippen LogP contribution in [0.25, 0.3) is 0 Å². The van der Waals surface area contributed by atoms with Crippen LogP contribution in [-0.4, -0.2) is 52.0 Å². The van der Waals surface area contributed by atoms with E-state index in [-0.39, 0.29) is 10.6 Å². The van der Waals surface area contributed by atoms with E-state index in [0.717, 1.165) is 0 Å². The highest BCUT2D eigenvalue weighted by Crippen LogP contribution is 2.29. The molecule has 0 fully saturated rings. The molecule has 0 aliphatic heterocycles. The van der Waals surface area contributed by atoms with Crippen LogP contribution in [0.5, 0.6) is 17.2 Å². The minimum atomic E-state index is -3.68.